The number of hydrogen-bond donors (Lipinski definition) is 0. The van der Waals surface area contributed by atoms with Crippen LogP contribution in [0.4, 0.5) is 13.2 Å². The third kappa shape index (κ3) is 3.63. The molecule has 106 valence electrons. The first kappa shape index (κ1) is 14.6. The number of nitrogens with zero attached hydrogens (tertiary/aromatic N) is 2. The Balaban J connectivity index is 2.34. The quantitative estimate of drug-likeness (QED) is 0.817. The van der Waals surface area contributed by atoms with Crippen molar-refractivity contribution in [3.05, 3.63) is 52.7 Å². The van der Waals surface area contributed by atoms with Crippen LogP contribution in [0.1, 0.15) is 5.56 Å². The van der Waals surface area contributed by atoms with E-state index >= 15 is 0 Å². The third-order valence-electron chi connectivity index (χ3n) is 2.56. The van der Waals surface area contributed by atoms with E-state index in [9.17, 15) is 18.0 Å². The molecule has 0 spiro atoms. The van der Waals surface area contributed by atoms with Gasteiger partial charge in [-0.25, -0.2) is 4.98 Å². The molecule has 0 N–H and O–H groups in total. The molecule has 1 heterocycles. The fourth-order valence-corrected chi connectivity index (χ4v) is 2.42. The Morgan fingerprint density at radius 2 is 2.05 bits per heavy atom. The van der Waals surface area contributed by atoms with Gasteiger partial charge in [0.2, 0.25) is 0 Å². The van der Waals surface area contributed by atoms with Gasteiger partial charge in [0.1, 0.15) is 6.33 Å². The van der Waals surface area contributed by atoms with Crippen molar-refractivity contribution in [2.24, 2.45) is 0 Å². The van der Waals surface area contributed by atoms with Crippen LogP contribution in [-0.2, 0) is 0 Å². The second kappa shape index (κ2) is 5.70. The van der Waals surface area contributed by atoms with Crippen molar-refractivity contribution in [2.75, 3.05) is 5.75 Å². The molecular weight excluding hydrogens is 289 g/mol. The van der Waals surface area contributed by atoms with Crippen LogP contribution in [0.2, 0.25) is 0 Å². The van der Waals surface area contributed by atoms with Gasteiger partial charge in [-0.3, -0.25) is 9.36 Å². The van der Waals surface area contributed by atoms with E-state index < -0.39 is 11.9 Å². The molecule has 0 radical (unpaired) electrons. The Bertz CT molecular complexity index is 667. The van der Waals surface area contributed by atoms with Crippen molar-refractivity contribution in [2.45, 2.75) is 18.0 Å². The van der Waals surface area contributed by atoms with E-state index in [1.54, 1.807) is 25.1 Å². The molecule has 20 heavy (non-hydrogen) atoms. The average Bonchev–Trinajstić information content (AvgIpc) is 2.38. The van der Waals surface area contributed by atoms with Gasteiger partial charge in [0, 0.05) is 17.2 Å². The molecule has 0 atom stereocenters. The van der Waals surface area contributed by atoms with Gasteiger partial charge in [-0.1, -0.05) is 6.07 Å². The third-order valence-corrected chi connectivity index (χ3v) is 3.79. The van der Waals surface area contributed by atoms with E-state index in [0.29, 0.717) is 22.3 Å². The molecule has 1 aromatic carbocycles. The summed E-state index contributed by atoms with van der Waals surface area (Å²) >= 11 is 0.708. The number of aryl methyl sites for hydroxylation is 1. The molecule has 0 saturated carbocycles. The topological polar surface area (TPSA) is 34.9 Å². The lowest BCUT2D eigenvalue weighted by molar-refractivity contribution is -0.105. The Hall–Kier alpha value is -1.76. The van der Waals surface area contributed by atoms with Gasteiger partial charge in [0.25, 0.3) is 5.56 Å². The van der Waals surface area contributed by atoms with Crippen LogP contribution < -0.4 is 5.56 Å². The Morgan fingerprint density at radius 1 is 1.30 bits per heavy atom. The predicted octanol–water partition coefficient (Wildman–Crippen LogP) is 3.20. The standard InChI is InChI=1S/C13H11F3N2OS/c1-9-2-3-10(18-8-17-5-4-12(18)19)6-11(9)20-7-13(14,15)16/h2-6,8H,7H2,1H3. The van der Waals surface area contributed by atoms with Crippen molar-refractivity contribution in [3.8, 4) is 5.69 Å². The summed E-state index contributed by atoms with van der Waals surface area (Å²) in [5.74, 6) is -0.959. The smallest absolute Gasteiger partial charge is 0.269 e. The molecule has 0 aliphatic rings. The second-order valence-electron chi connectivity index (χ2n) is 4.14. The van der Waals surface area contributed by atoms with E-state index in [2.05, 4.69) is 4.98 Å². The highest BCUT2D eigenvalue weighted by Gasteiger charge is 2.27. The van der Waals surface area contributed by atoms with Crippen LogP contribution in [0.15, 0.2) is 46.5 Å². The van der Waals surface area contributed by atoms with Gasteiger partial charge in [-0.05, 0) is 24.6 Å². The fraction of sp³-hybridized carbons (Fsp3) is 0.231. The number of rotatable bonds is 3. The van der Waals surface area contributed by atoms with E-state index in [1.165, 1.54) is 23.2 Å². The largest absolute Gasteiger partial charge is 0.398 e. The minimum atomic E-state index is -4.22. The number of benzene rings is 1. The van der Waals surface area contributed by atoms with Crippen LogP contribution in [0.5, 0.6) is 0 Å². The Kier molecular flexibility index (Phi) is 4.17. The molecule has 0 saturated heterocycles. The molecule has 7 heteroatoms. The first-order chi connectivity index (χ1) is 9.37. The maximum atomic E-state index is 12.3. The molecule has 2 aromatic rings. The lowest BCUT2D eigenvalue weighted by atomic mass is 10.2. The summed E-state index contributed by atoms with van der Waals surface area (Å²) < 4.78 is 38.1. The van der Waals surface area contributed by atoms with Crippen LogP contribution in [0, 0.1) is 6.92 Å². The zero-order chi connectivity index (χ0) is 14.8. The Morgan fingerprint density at radius 3 is 2.70 bits per heavy atom. The van der Waals surface area contributed by atoms with Gasteiger partial charge in [0.05, 0.1) is 11.4 Å². The maximum absolute atomic E-state index is 12.3. The minimum Gasteiger partial charge on any atom is -0.269 e. The highest BCUT2D eigenvalue weighted by Crippen LogP contribution is 2.30. The molecule has 3 nitrogen and oxygen atoms in total. The summed E-state index contributed by atoms with van der Waals surface area (Å²) in [4.78, 5) is 16.0. The molecule has 0 amide bonds. The molecular formula is C13H11F3N2OS. The molecule has 0 fully saturated rings. The van der Waals surface area contributed by atoms with Crippen molar-refractivity contribution < 1.29 is 13.2 Å². The molecule has 0 aliphatic carbocycles. The first-order valence-corrected chi connectivity index (χ1v) is 6.68. The zero-order valence-electron chi connectivity index (χ0n) is 10.5. The summed E-state index contributed by atoms with van der Waals surface area (Å²) in [6, 6.07) is 6.22. The molecule has 0 unspecified atom stereocenters. The van der Waals surface area contributed by atoms with E-state index in [0.717, 1.165) is 5.56 Å². The molecule has 0 aliphatic heterocycles. The minimum absolute atomic E-state index is 0.282. The number of halogens is 3. The highest BCUT2D eigenvalue weighted by molar-refractivity contribution is 7.99. The lowest BCUT2D eigenvalue weighted by Gasteiger charge is -2.11. The predicted molar refractivity (Wildman–Crippen MR) is 71.4 cm³/mol. The monoisotopic (exact) mass is 300 g/mol. The van der Waals surface area contributed by atoms with E-state index in [4.69, 9.17) is 0 Å². The number of hydrogen-bond acceptors (Lipinski definition) is 3. The SMILES string of the molecule is Cc1ccc(-n2cnccc2=O)cc1SCC(F)(F)F. The average molecular weight is 300 g/mol. The summed E-state index contributed by atoms with van der Waals surface area (Å²) in [6.07, 6.45) is -1.52. The summed E-state index contributed by atoms with van der Waals surface area (Å²) in [6.45, 7) is 1.73. The number of alkyl halides is 3. The first-order valence-electron chi connectivity index (χ1n) is 5.70. The summed E-state index contributed by atoms with van der Waals surface area (Å²) in [5, 5.41) is 0. The lowest BCUT2D eigenvalue weighted by Crippen LogP contribution is -2.16. The molecule has 2 rings (SSSR count). The molecule has 1 aromatic heterocycles. The van der Waals surface area contributed by atoms with Crippen molar-refractivity contribution >= 4 is 11.8 Å². The normalized spacial score (nSPS) is 11.6. The van der Waals surface area contributed by atoms with Crippen LogP contribution in [-0.4, -0.2) is 21.5 Å². The molecule has 0 bridgehead atoms. The van der Waals surface area contributed by atoms with Crippen molar-refractivity contribution in [1.29, 1.82) is 0 Å². The van der Waals surface area contributed by atoms with Crippen LogP contribution >= 0.6 is 11.8 Å². The van der Waals surface area contributed by atoms with Gasteiger partial charge in [-0.15, -0.1) is 11.8 Å². The van der Waals surface area contributed by atoms with Crippen molar-refractivity contribution in [1.82, 2.24) is 9.55 Å². The van der Waals surface area contributed by atoms with E-state index in [-0.39, 0.29) is 5.56 Å². The summed E-state index contributed by atoms with van der Waals surface area (Å²) in [5.41, 5.74) is 0.953. The van der Waals surface area contributed by atoms with Gasteiger partial charge >= 0.3 is 6.18 Å². The maximum Gasteiger partial charge on any atom is 0.398 e. The van der Waals surface area contributed by atoms with Crippen molar-refractivity contribution in [3.63, 3.8) is 0 Å². The van der Waals surface area contributed by atoms with Gasteiger partial charge < -0.3 is 0 Å². The van der Waals surface area contributed by atoms with Crippen LogP contribution in [0.3, 0.4) is 0 Å². The second-order valence-corrected chi connectivity index (χ2v) is 5.16. The van der Waals surface area contributed by atoms with Gasteiger partial charge in [-0.2, -0.15) is 13.2 Å². The zero-order valence-corrected chi connectivity index (χ0v) is 11.3. The number of aromatic nitrogens is 2. The van der Waals surface area contributed by atoms with Crippen LogP contribution in [0.25, 0.3) is 5.69 Å². The highest BCUT2D eigenvalue weighted by atomic mass is 32.2. The van der Waals surface area contributed by atoms with Gasteiger partial charge in [0.15, 0.2) is 0 Å². The number of thioether (sulfide) groups is 1. The Labute approximate surface area is 117 Å². The van der Waals surface area contributed by atoms with E-state index in [1.807, 2.05) is 0 Å². The fourth-order valence-electron chi connectivity index (χ4n) is 1.60. The summed E-state index contributed by atoms with van der Waals surface area (Å²) in [7, 11) is 0.